The quantitative estimate of drug-likeness (QED) is 0.251. The van der Waals surface area contributed by atoms with Gasteiger partial charge in [-0.25, -0.2) is 0 Å². The number of nitrogens with zero attached hydrogens (tertiary/aromatic N) is 1. The normalized spacial score (nSPS) is 11.4. The Morgan fingerprint density at radius 3 is 1.24 bits per heavy atom. The number of hydrogen-bond donors (Lipinski definition) is 1. The predicted molar refractivity (Wildman–Crippen MR) is 96.8 cm³/mol. The first kappa shape index (κ1) is 24.0. The van der Waals surface area contributed by atoms with E-state index in [0.29, 0.717) is 0 Å². The maximum Gasteiger partial charge on any atom is 0.0786 e. The minimum atomic E-state index is 0. The largest absolute Gasteiger partial charge is 1.00 e. The molecule has 1 nitrogen and oxygen atoms in total. The summed E-state index contributed by atoms with van der Waals surface area (Å²) in [4.78, 5) is 0. The van der Waals surface area contributed by atoms with E-state index in [2.05, 4.69) is 33.4 Å². The van der Waals surface area contributed by atoms with Crippen molar-refractivity contribution in [3.05, 3.63) is 0 Å². The zero-order chi connectivity index (χ0) is 15.1. The molecule has 0 rings (SSSR count). The van der Waals surface area contributed by atoms with Crippen LogP contribution in [0.3, 0.4) is 0 Å². The number of rotatable bonds is 15. The number of hydrogen-bond acceptors (Lipinski definition) is 1. The fourth-order valence-corrected chi connectivity index (χ4v) is 3.34. The van der Waals surface area contributed by atoms with Crippen LogP contribution in [0.1, 0.15) is 85.0 Å². The lowest BCUT2D eigenvalue weighted by Gasteiger charge is -2.35. The van der Waals surface area contributed by atoms with Gasteiger partial charge in [-0.1, -0.05) is 44.9 Å². The summed E-state index contributed by atoms with van der Waals surface area (Å²) >= 11 is 4.25. The van der Waals surface area contributed by atoms with Gasteiger partial charge in [-0.05, 0) is 45.8 Å². The van der Waals surface area contributed by atoms with E-state index < -0.39 is 0 Å². The van der Waals surface area contributed by atoms with E-state index in [-0.39, 0.29) is 17.0 Å². The highest BCUT2D eigenvalue weighted by Gasteiger charge is 2.19. The lowest BCUT2D eigenvalue weighted by Crippen LogP contribution is -3.00. The lowest BCUT2D eigenvalue weighted by atomic mass is 10.1. The van der Waals surface area contributed by atoms with Crippen LogP contribution in [0.15, 0.2) is 0 Å². The zero-order valence-corrected chi connectivity index (χ0v) is 17.4. The van der Waals surface area contributed by atoms with Crippen molar-refractivity contribution in [3.63, 3.8) is 0 Å². The maximum absolute atomic E-state index is 4.25. The molecule has 0 bridgehead atoms. The van der Waals surface area contributed by atoms with Gasteiger partial charge in [-0.2, -0.15) is 12.6 Å². The molecule has 0 saturated heterocycles. The topological polar surface area (TPSA) is 0 Å². The minimum absolute atomic E-state index is 0. The van der Waals surface area contributed by atoms with Crippen molar-refractivity contribution < 1.29 is 21.5 Å². The van der Waals surface area contributed by atoms with Crippen LogP contribution in [0, 0.1) is 0 Å². The third kappa shape index (κ3) is 13.0. The van der Waals surface area contributed by atoms with Crippen LogP contribution in [0.4, 0.5) is 0 Å². The Labute approximate surface area is 151 Å². The van der Waals surface area contributed by atoms with Gasteiger partial charge >= 0.3 is 0 Å². The molecule has 21 heavy (non-hydrogen) atoms. The first-order chi connectivity index (χ1) is 9.74. The Morgan fingerprint density at radius 1 is 0.571 bits per heavy atom. The van der Waals surface area contributed by atoms with Crippen LogP contribution in [0.5, 0.6) is 0 Å². The number of quaternary nitrogens is 1. The summed E-state index contributed by atoms with van der Waals surface area (Å²) in [5, 5.41) is 0. The van der Waals surface area contributed by atoms with E-state index in [1.54, 1.807) is 0 Å². The molecule has 0 saturated carbocycles. The Morgan fingerprint density at radius 2 is 0.905 bits per heavy atom. The molecule has 0 aromatic rings. The van der Waals surface area contributed by atoms with Gasteiger partial charge < -0.3 is 21.5 Å². The van der Waals surface area contributed by atoms with Gasteiger partial charge in [0.15, 0.2) is 0 Å². The smallest absolute Gasteiger partial charge is 0.0786 e. The van der Waals surface area contributed by atoms with Gasteiger partial charge in [-0.3, -0.25) is 0 Å². The first-order valence-electron chi connectivity index (χ1n) is 9.20. The van der Waals surface area contributed by atoms with E-state index in [0.717, 1.165) is 5.75 Å². The number of halogens is 1. The van der Waals surface area contributed by atoms with Crippen LogP contribution in [0.25, 0.3) is 0 Å². The monoisotopic (exact) mass is 381 g/mol. The summed E-state index contributed by atoms with van der Waals surface area (Å²) < 4.78 is 1.32. The van der Waals surface area contributed by atoms with Crippen LogP contribution in [0.2, 0.25) is 0 Å². The molecular weight excluding hydrogens is 342 g/mol. The van der Waals surface area contributed by atoms with Gasteiger partial charge in [0.25, 0.3) is 0 Å². The number of thiol groups is 1. The Hall–Kier alpha value is 0.790. The molecule has 0 aliphatic carbocycles. The average Bonchev–Trinajstić information content (AvgIpc) is 2.49. The second kappa shape index (κ2) is 17.1. The van der Waals surface area contributed by atoms with Crippen molar-refractivity contribution in [2.45, 2.75) is 85.0 Å². The number of unbranched alkanes of at least 4 members (excludes halogenated alkanes) is 9. The third-order valence-corrected chi connectivity index (χ3v) is 5.37. The molecule has 0 aromatic carbocycles. The van der Waals surface area contributed by atoms with Gasteiger partial charge in [0.05, 0.1) is 26.2 Å². The summed E-state index contributed by atoms with van der Waals surface area (Å²) in [6.45, 7) is 12.4. The van der Waals surface area contributed by atoms with Crippen molar-refractivity contribution in [1.29, 1.82) is 0 Å². The second-order valence-corrected chi connectivity index (χ2v) is 6.72. The molecule has 130 valence electrons. The molecule has 0 atom stereocenters. The van der Waals surface area contributed by atoms with E-state index in [4.69, 9.17) is 0 Å². The predicted octanol–water partition coefficient (Wildman–Crippen LogP) is 2.70. The molecule has 0 spiro atoms. The summed E-state index contributed by atoms with van der Waals surface area (Å²) in [5.41, 5.74) is 0. The van der Waals surface area contributed by atoms with E-state index in [9.17, 15) is 0 Å². The molecule has 0 aliphatic heterocycles. The Balaban J connectivity index is 0. The van der Waals surface area contributed by atoms with Gasteiger partial charge in [0.1, 0.15) is 0 Å². The van der Waals surface area contributed by atoms with Gasteiger partial charge in [-0.15, -0.1) is 0 Å². The van der Waals surface area contributed by atoms with Gasteiger partial charge in [0.2, 0.25) is 0 Å². The minimum Gasteiger partial charge on any atom is -1.00 e. The highest BCUT2D eigenvalue weighted by molar-refractivity contribution is 7.80. The van der Waals surface area contributed by atoms with Crippen LogP contribution in [-0.4, -0.2) is 36.4 Å². The molecule has 0 radical (unpaired) electrons. The molecule has 0 aliphatic rings. The van der Waals surface area contributed by atoms with Crippen molar-refractivity contribution in [2.75, 3.05) is 31.9 Å². The first-order valence-corrected chi connectivity index (χ1v) is 9.83. The van der Waals surface area contributed by atoms with E-state index in [1.807, 2.05) is 0 Å². The summed E-state index contributed by atoms with van der Waals surface area (Å²) in [6.07, 6.45) is 14.2. The lowest BCUT2D eigenvalue weighted by molar-refractivity contribution is -0.923. The summed E-state index contributed by atoms with van der Waals surface area (Å²) in [6, 6.07) is 0. The van der Waals surface area contributed by atoms with Crippen molar-refractivity contribution in [3.8, 4) is 0 Å². The fourth-order valence-electron chi connectivity index (χ4n) is 3.12. The Kier molecular flexibility index (Phi) is 19.6. The SMILES string of the molecule is CC[N+](CC)(CC)CCCCCCCCCCCCS.[Br-]. The van der Waals surface area contributed by atoms with Crippen molar-refractivity contribution in [1.82, 2.24) is 0 Å². The highest BCUT2D eigenvalue weighted by atomic mass is 79.9. The highest BCUT2D eigenvalue weighted by Crippen LogP contribution is 2.13. The molecule has 3 heteroatoms. The van der Waals surface area contributed by atoms with Crippen LogP contribution in [-0.2, 0) is 0 Å². The zero-order valence-electron chi connectivity index (χ0n) is 14.9. The molecule has 0 N–H and O–H groups in total. The van der Waals surface area contributed by atoms with Crippen LogP contribution < -0.4 is 17.0 Å². The molecular formula is C18H40BrNS. The molecule has 0 fully saturated rings. The Bertz CT molecular complexity index is 187. The van der Waals surface area contributed by atoms with Crippen molar-refractivity contribution >= 4 is 12.6 Å². The maximum atomic E-state index is 4.25. The van der Waals surface area contributed by atoms with E-state index in [1.165, 1.54) is 94.9 Å². The molecule has 0 amide bonds. The average molecular weight is 382 g/mol. The van der Waals surface area contributed by atoms with Crippen molar-refractivity contribution in [2.24, 2.45) is 0 Å². The molecule has 0 aromatic heterocycles. The molecule has 0 heterocycles. The van der Waals surface area contributed by atoms with Crippen LogP contribution >= 0.6 is 12.6 Å². The molecule has 0 unspecified atom stereocenters. The standard InChI is InChI=1S/C18H39NS.BrH/c1-4-19(5-2,6-3)17-15-13-11-9-7-8-10-12-14-16-18-20;/h4-18H2,1-3H3;1H. The third-order valence-electron chi connectivity index (χ3n) is 5.05. The van der Waals surface area contributed by atoms with E-state index >= 15 is 0 Å². The fraction of sp³-hybridized carbons (Fsp3) is 1.00. The summed E-state index contributed by atoms with van der Waals surface area (Å²) in [5.74, 6) is 1.06. The summed E-state index contributed by atoms with van der Waals surface area (Å²) in [7, 11) is 0. The second-order valence-electron chi connectivity index (χ2n) is 6.27. The van der Waals surface area contributed by atoms with Gasteiger partial charge in [0, 0.05) is 0 Å².